The predicted molar refractivity (Wildman–Crippen MR) is 103 cm³/mol. The molecule has 25 heavy (non-hydrogen) atoms. The zero-order valence-corrected chi connectivity index (χ0v) is 16.0. The van der Waals surface area contributed by atoms with Gasteiger partial charge in [0.25, 0.3) is 5.91 Å². The van der Waals surface area contributed by atoms with Crippen molar-refractivity contribution >= 4 is 41.0 Å². The van der Waals surface area contributed by atoms with E-state index in [0.29, 0.717) is 6.42 Å². The number of nitrogens with one attached hydrogen (secondary N) is 1. The molecular formula is C18H24N2O3S2. The number of benzene rings is 1. The number of unbranched alkanes of at least 4 members (excludes halogenated alkanes) is 3. The number of hydrogen-bond acceptors (Lipinski definition) is 5. The Hall–Kier alpha value is -1.18. The summed E-state index contributed by atoms with van der Waals surface area (Å²) >= 11 is 3.54. The van der Waals surface area contributed by atoms with Gasteiger partial charge >= 0.3 is 0 Å². The number of thioether (sulfide) groups is 2. The highest BCUT2D eigenvalue weighted by atomic mass is 32.2. The van der Waals surface area contributed by atoms with Gasteiger partial charge in [0.15, 0.2) is 4.08 Å². The molecule has 0 bridgehead atoms. The van der Waals surface area contributed by atoms with E-state index in [9.17, 15) is 9.59 Å². The van der Waals surface area contributed by atoms with Gasteiger partial charge < -0.3 is 4.90 Å². The van der Waals surface area contributed by atoms with Crippen LogP contribution >= 0.6 is 23.5 Å². The molecule has 2 N–H and O–H groups in total. The monoisotopic (exact) mass is 380 g/mol. The molecule has 0 aromatic heterocycles. The maximum atomic E-state index is 13.1. The molecule has 0 saturated carbocycles. The van der Waals surface area contributed by atoms with Gasteiger partial charge in [-0.05, 0) is 25.8 Å². The van der Waals surface area contributed by atoms with Crippen molar-refractivity contribution in [2.45, 2.75) is 43.1 Å². The van der Waals surface area contributed by atoms with Gasteiger partial charge in [0.1, 0.15) is 0 Å². The minimum atomic E-state index is -0.430. The highest BCUT2D eigenvalue weighted by molar-refractivity contribution is 8.21. The third kappa shape index (κ3) is 3.68. The van der Waals surface area contributed by atoms with Gasteiger partial charge in [-0.25, -0.2) is 5.48 Å². The van der Waals surface area contributed by atoms with Crippen LogP contribution in [-0.4, -0.2) is 35.1 Å². The van der Waals surface area contributed by atoms with Crippen LogP contribution in [0.25, 0.3) is 0 Å². The summed E-state index contributed by atoms with van der Waals surface area (Å²) in [6, 6.07) is 6.34. The number of aryl methyl sites for hydroxylation is 1. The van der Waals surface area contributed by atoms with Crippen LogP contribution in [0.3, 0.4) is 0 Å². The molecule has 1 aromatic carbocycles. The summed E-state index contributed by atoms with van der Waals surface area (Å²) in [5.74, 6) is 1.92. The molecule has 1 saturated heterocycles. The predicted octanol–water partition coefficient (Wildman–Crippen LogP) is 3.43. The fraction of sp³-hybridized carbons (Fsp3) is 0.556. The second-order valence-electron chi connectivity index (χ2n) is 6.49. The molecule has 1 aromatic rings. The highest BCUT2D eigenvalue weighted by Crippen LogP contribution is 2.59. The highest BCUT2D eigenvalue weighted by Gasteiger charge is 2.53. The molecule has 0 radical (unpaired) electrons. The van der Waals surface area contributed by atoms with E-state index in [-0.39, 0.29) is 11.8 Å². The first-order chi connectivity index (χ1) is 12.1. The lowest BCUT2D eigenvalue weighted by Crippen LogP contribution is -2.35. The summed E-state index contributed by atoms with van der Waals surface area (Å²) in [4.78, 5) is 26.1. The van der Waals surface area contributed by atoms with E-state index in [2.05, 4.69) is 25.1 Å². The van der Waals surface area contributed by atoms with E-state index in [1.54, 1.807) is 29.0 Å². The fourth-order valence-corrected chi connectivity index (χ4v) is 6.61. The first-order valence-corrected chi connectivity index (χ1v) is 10.7. The van der Waals surface area contributed by atoms with Crippen molar-refractivity contribution < 1.29 is 14.8 Å². The van der Waals surface area contributed by atoms with E-state index >= 15 is 0 Å². The SMILES string of the molecule is Cc1ccc2c(c1)C1(SCCS1)C(=O)N2CCCCCCC(=O)NO. The zero-order valence-electron chi connectivity index (χ0n) is 14.4. The third-order valence-electron chi connectivity index (χ3n) is 4.68. The van der Waals surface area contributed by atoms with Crippen molar-refractivity contribution in [1.29, 1.82) is 0 Å². The van der Waals surface area contributed by atoms with Crippen molar-refractivity contribution in [2.24, 2.45) is 0 Å². The lowest BCUT2D eigenvalue weighted by atomic mass is 10.1. The third-order valence-corrected chi connectivity index (χ3v) is 8.06. The van der Waals surface area contributed by atoms with E-state index in [1.807, 2.05) is 4.90 Å². The van der Waals surface area contributed by atoms with Crippen LogP contribution in [0.2, 0.25) is 0 Å². The number of amides is 2. The summed E-state index contributed by atoms with van der Waals surface area (Å²) in [5, 5.41) is 8.48. The van der Waals surface area contributed by atoms with Crippen LogP contribution in [0.5, 0.6) is 0 Å². The molecule has 7 heteroatoms. The number of carbonyl (C=O) groups excluding carboxylic acids is 2. The van der Waals surface area contributed by atoms with E-state index < -0.39 is 4.08 Å². The van der Waals surface area contributed by atoms with Crippen molar-refractivity contribution in [3.63, 3.8) is 0 Å². The van der Waals surface area contributed by atoms with Crippen LogP contribution in [0.1, 0.15) is 43.2 Å². The molecule has 3 rings (SSSR count). The van der Waals surface area contributed by atoms with Gasteiger partial charge in [-0.1, -0.05) is 30.5 Å². The molecule has 2 aliphatic heterocycles. The van der Waals surface area contributed by atoms with Crippen LogP contribution < -0.4 is 10.4 Å². The Bertz CT molecular complexity index is 660. The number of hydrogen-bond donors (Lipinski definition) is 2. The Morgan fingerprint density at radius 1 is 1.24 bits per heavy atom. The number of nitrogens with zero attached hydrogens (tertiary/aromatic N) is 1. The standard InChI is InChI=1S/C18H24N2O3S2/c1-13-7-8-15-14(12-13)18(24-10-11-25-18)17(22)20(15)9-5-3-2-4-6-16(21)19-23/h7-8,12,23H,2-6,9-11H2,1H3,(H,19,21). The quantitative estimate of drug-likeness (QED) is 0.431. The fourth-order valence-electron chi connectivity index (χ4n) is 3.43. The Morgan fingerprint density at radius 3 is 2.68 bits per heavy atom. The lowest BCUT2D eigenvalue weighted by Gasteiger charge is -2.22. The molecule has 136 valence electrons. The summed E-state index contributed by atoms with van der Waals surface area (Å²) in [5.41, 5.74) is 5.09. The maximum Gasteiger partial charge on any atom is 0.258 e. The molecule has 2 heterocycles. The average molecular weight is 381 g/mol. The molecule has 0 aliphatic carbocycles. The largest absolute Gasteiger partial charge is 0.310 e. The van der Waals surface area contributed by atoms with Gasteiger partial charge in [-0.2, -0.15) is 0 Å². The van der Waals surface area contributed by atoms with Crippen LogP contribution in [0.15, 0.2) is 18.2 Å². The van der Waals surface area contributed by atoms with Gasteiger partial charge in [-0.15, -0.1) is 23.5 Å². The second kappa shape index (κ2) is 8.01. The van der Waals surface area contributed by atoms with Gasteiger partial charge in [0.05, 0.1) is 0 Å². The minimum Gasteiger partial charge on any atom is -0.310 e. The molecule has 2 aliphatic rings. The molecular weight excluding hydrogens is 356 g/mol. The number of rotatable bonds is 7. The summed E-state index contributed by atoms with van der Waals surface area (Å²) < 4.78 is -0.430. The number of hydroxylamine groups is 1. The number of fused-ring (bicyclic) bond motifs is 2. The Labute approximate surface area is 156 Å². The Balaban J connectivity index is 1.61. The Kier molecular flexibility index (Phi) is 5.96. The normalized spacial score (nSPS) is 18.0. The first-order valence-electron chi connectivity index (χ1n) is 8.72. The van der Waals surface area contributed by atoms with Gasteiger partial charge in [-0.3, -0.25) is 14.8 Å². The second-order valence-corrected chi connectivity index (χ2v) is 9.37. The molecule has 0 atom stereocenters. The number of anilines is 1. The Morgan fingerprint density at radius 2 is 1.96 bits per heavy atom. The zero-order chi connectivity index (χ0) is 17.9. The first kappa shape index (κ1) is 18.6. The van der Waals surface area contributed by atoms with Gasteiger partial charge in [0.2, 0.25) is 5.91 Å². The van der Waals surface area contributed by atoms with E-state index in [1.165, 1.54) is 11.1 Å². The molecule has 1 fully saturated rings. The van der Waals surface area contributed by atoms with Crippen molar-refractivity contribution in [3.05, 3.63) is 29.3 Å². The molecule has 0 unspecified atom stereocenters. The summed E-state index contributed by atoms with van der Waals surface area (Å²) in [6.07, 6.45) is 3.91. The van der Waals surface area contributed by atoms with Crippen LogP contribution in [0.4, 0.5) is 5.69 Å². The maximum absolute atomic E-state index is 13.1. The van der Waals surface area contributed by atoms with Crippen molar-refractivity contribution in [1.82, 2.24) is 5.48 Å². The topological polar surface area (TPSA) is 69.6 Å². The van der Waals surface area contributed by atoms with Gasteiger partial charge in [0, 0.05) is 35.7 Å². The summed E-state index contributed by atoms with van der Waals surface area (Å²) in [7, 11) is 0. The number of carbonyl (C=O) groups is 2. The smallest absolute Gasteiger partial charge is 0.258 e. The minimum absolute atomic E-state index is 0.222. The average Bonchev–Trinajstić information content (AvgIpc) is 3.18. The van der Waals surface area contributed by atoms with Crippen molar-refractivity contribution in [3.8, 4) is 0 Å². The summed E-state index contributed by atoms with van der Waals surface area (Å²) in [6.45, 7) is 2.80. The van der Waals surface area contributed by atoms with Crippen LogP contribution in [-0.2, 0) is 13.7 Å². The molecule has 1 spiro atoms. The van der Waals surface area contributed by atoms with Crippen LogP contribution in [0, 0.1) is 6.92 Å². The van der Waals surface area contributed by atoms with E-state index in [0.717, 1.165) is 49.4 Å². The molecule has 2 amide bonds. The van der Waals surface area contributed by atoms with Crippen molar-refractivity contribution in [2.75, 3.05) is 23.0 Å². The lowest BCUT2D eigenvalue weighted by molar-refractivity contribution is -0.129. The molecule has 5 nitrogen and oxygen atoms in total. The van der Waals surface area contributed by atoms with E-state index in [4.69, 9.17) is 5.21 Å².